The monoisotopic (exact) mass is 250 g/mol. The lowest BCUT2D eigenvalue weighted by molar-refractivity contribution is 0.0527. The van der Waals surface area contributed by atoms with E-state index in [4.69, 9.17) is 4.74 Å². The number of rotatable bonds is 6. The quantitative estimate of drug-likeness (QED) is 0.787. The molecule has 0 aliphatic rings. The molecule has 1 N–H and O–H groups in total. The highest BCUT2D eigenvalue weighted by Crippen LogP contribution is 2.23. The summed E-state index contributed by atoms with van der Waals surface area (Å²) in [6.07, 6.45) is 3.60. The molecule has 0 aromatic carbocycles. The summed E-state index contributed by atoms with van der Waals surface area (Å²) in [6, 6.07) is 3.48. The summed E-state index contributed by atoms with van der Waals surface area (Å²) in [5.74, 6) is 0.268. The van der Waals surface area contributed by atoms with Crippen molar-refractivity contribution in [1.82, 2.24) is 4.98 Å². The SMILES string of the molecule is CCOC(=O)c1cccnc1NC(C)(CC)CC. The Morgan fingerprint density at radius 1 is 1.39 bits per heavy atom. The van der Waals surface area contributed by atoms with Gasteiger partial charge in [0.2, 0.25) is 0 Å². The van der Waals surface area contributed by atoms with Crippen molar-refractivity contribution in [2.75, 3.05) is 11.9 Å². The third kappa shape index (κ3) is 3.45. The van der Waals surface area contributed by atoms with Gasteiger partial charge in [0, 0.05) is 11.7 Å². The first-order valence-corrected chi connectivity index (χ1v) is 6.46. The predicted octanol–water partition coefficient (Wildman–Crippen LogP) is 3.25. The number of hydrogen-bond donors (Lipinski definition) is 1. The van der Waals surface area contributed by atoms with Gasteiger partial charge in [0.25, 0.3) is 0 Å². The molecule has 0 aliphatic heterocycles. The summed E-state index contributed by atoms with van der Waals surface area (Å²) in [6.45, 7) is 8.51. The van der Waals surface area contributed by atoms with Crippen LogP contribution >= 0.6 is 0 Å². The Bertz CT molecular complexity index is 401. The molecule has 0 bridgehead atoms. The van der Waals surface area contributed by atoms with Crippen molar-refractivity contribution in [3.05, 3.63) is 23.9 Å². The van der Waals surface area contributed by atoms with Gasteiger partial charge < -0.3 is 10.1 Å². The fourth-order valence-electron chi connectivity index (χ4n) is 1.59. The number of nitrogens with zero attached hydrogens (tertiary/aromatic N) is 1. The molecule has 4 heteroatoms. The maximum absolute atomic E-state index is 11.8. The van der Waals surface area contributed by atoms with Crippen LogP contribution in [0.25, 0.3) is 0 Å². The minimum atomic E-state index is -0.331. The molecule has 0 spiro atoms. The Morgan fingerprint density at radius 2 is 2.06 bits per heavy atom. The second kappa shape index (κ2) is 6.38. The third-order valence-electron chi connectivity index (χ3n) is 3.28. The van der Waals surface area contributed by atoms with E-state index in [1.54, 1.807) is 25.3 Å². The minimum absolute atomic E-state index is 0.0599. The summed E-state index contributed by atoms with van der Waals surface area (Å²) >= 11 is 0. The van der Waals surface area contributed by atoms with E-state index in [1.807, 2.05) is 0 Å². The number of carbonyl (C=O) groups excluding carboxylic acids is 1. The number of esters is 1. The lowest BCUT2D eigenvalue weighted by Crippen LogP contribution is -2.34. The average Bonchev–Trinajstić information content (AvgIpc) is 2.39. The molecule has 1 rings (SSSR count). The van der Waals surface area contributed by atoms with Gasteiger partial charge >= 0.3 is 5.97 Å². The lowest BCUT2D eigenvalue weighted by Gasteiger charge is -2.29. The third-order valence-corrected chi connectivity index (χ3v) is 3.28. The number of ether oxygens (including phenoxy) is 1. The van der Waals surface area contributed by atoms with Crippen molar-refractivity contribution in [3.8, 4) is 0 Å². The summed E-state index contributed by atoms with van der Waals surface area (Å²) < 4.78 is 5.03. The van der Waals surface area contributed by atoms with Gasteiger partial charge in [0.05, 0.1) is 6.61 Å². The second-order valence-electron chi connectivity index (χ2n) is 4.51. The molecule has 4 nitrogen and oxygen atoms in total. The normalized spacial score (nSPS) is 11.1. The number of aromatic nitrogens is 1. The van der Waals surface area contributed by atoms with Gasteiger partial charge in [-0.2, -0.15) is 0 Å². The average molecular weight is 250 g/mol. The van der Waals surface area contributed by atoms with Crippen LogP contribution in [0.4, 0.5) is 5.82 Å². The number of nitrogens with one attached hydrogen (secondary N) is 1. The summed E-state index contributed by atoms with van der Waals surface area (Å²) in [4.78, 5) is 16.1. The van der Waals surface area contributed by atoms with E-state index in [0.717, 1.165) is 12.8 Å². The van der Waals surface area contributed by atoms with Crippen molar-refractivity contribution >= 4 is 11.8 Å². The number of carbonyl (C=O) groups is 1. The molecule has 0 radical (unpaired) electrons. The van der Waals surface area contributed by atoms with Crippen LogP contribution < -0.4 is 5.32 Å². The first kappa shape index (κ1) is 14.5. The molecule has 0 atom stereocenters. The van der Waals surface area contributed by atoms with E-state index in [1.165, 1.54) is 0 Å². The van der Waals surface area contributed by atoms with Gasteiger partial charge in [-0.1, -0.05) is 13.8 Å². The van der Waals surface area contributed by atoms with Crippen LogP contribution in [0.5, 0.6) is 0 Å². The molecule has 18 heavy (non-hydrogen) atoms. The van der Waals surface area contributed by atoms with E-state index in [2.05, 4.69) is 31.1 Å². The smallest absolute Gasteiger partial charge is 0.341 e. The molecule has 0 saturated carbocycles. The number of hydrogen-bond acceptors (Lipinski definition) is 4. The van der Waals surface area contributed by atoms with Crippen LogP contribution in [-0.2, 0) is 4.74 Å². The molecule has 1 heterocycles. The topological polar surface area (TPSA) is 51.2 Å². The molecular formula is C14H22N2O2. The minimum Gasteiger partial charge on any atom is -0.462 e. The van der Waals surface area contributed by atoms with Crippen LogP contribution in [-0.4, -0.2) is 23.1 Å². The standard InChI is InChI=1S/C14H22N2O2/c1-5-14(4,6-2)16-12-11(9-8-10-15-12)13(17)18-7-3/h8-10H,5-7H2,1-4H3,(H,15,16). The number of anilines is 1. The van der Waals surface area contributed by atoms with Gasteiger partial charge in [-0.25, -0.2) is 9.78 Å². The Kier molecular flexibility index (Phi) is 5.13. The first-order valence-electron chi connectivity index (χ1n) is 6.46. The van der Waals surface area contributed by atoms with Gasteiger partial charge in [-0.15, -0.1) is 0 Å². The van der Waals surface area contributed by atoms with Gasteiger partial charge in [0.1, 0.15) is 11.4 Å². The van der Waals surface area contributed by atoms with Gasteiger partial charge in [0.15, 0.2) is 0 Å². The van der Waals surface area contributed by atoms with Crippen molar-refractivity contribution in [2.45, 2.75) is 46.1 Å². The molecule has 0 unspecified atom stereocenters. The van der Waals surface area contributed by atoms with Gasteiger partial charge in [-0.3, -0.25) is 0 Å². The van der Waals surface area contributed by atoms with E-state index in [-0.39, 0.29) is 11.5 Å². The maximum Gasteiger partial charge on any atom is 0.341 e. The van der Waals surface area contributed by atoms with Crippen LogP contribution in [0.1, 0.15) is 50.9 Å². The van der Waals surface area contributed by atoms with Crippen molar-refractivity contribution in [2.24, 2.45) is 0 Å². The van der Waals surface area contributed by atoms with Crippen LogP contribution in [0, 0.1) is 0 Å². The van der Waals surface area contributed by atoms with Crippen LogP contribution in [0.15, 0.2) is 18.3 Å². The maximum atomic E-state index is 11.8. The molecule has 1 aromatic rings. The zero-order valence-corrected chi connectivity index (χ0v) is 11.6. The molecule has 0 amide bonds. The Hall–Kier alpha value is -1.58. The molecule has 0 aliphatic carbocycles. The summed E-state index contributed by atoms with van der Waals surface area (Å²) in [5, 5.41) is 3.35. The number of pyridine rings is 1. The highest BCUT2D eigenvalue weighted by Gasteiger charge is 2.23. The lowest BCUT2D eigenvalue weighted by atomic mass is 9.95. The van der Waals surface area contributed by atoms with E-state index in [0.29, 0.717) is 18.0 Å². The fourth-order valence-corrected chi connectivity index (χ4v) is 1.59. The second-order valence-corrected chi connectivity index (χ2v) is 4.51. The van der Waals surface area contributed by atoms with Crippen molar-refractivity contribution in [1.29, 1.82) is 0 Å². The molecule has 1 aromatic heterocycles. The zero-order chi connectivity index (χ0) is 13.6. The Balaban J connectivity index is 2.99. The fraction of sp³-hybridized carbons (Fsp3) is 0.571. The molecule has 0 fully saturated rings. The van der Waals surface area contributed by atoms with E-state index >= 15 is 0 Å². The molecule has 100 valence electrons. The van der Waals surface area contributed by atoms with Crippen LogP contribution in [0.3, 0.4) is 0 Å². The van der Waals surface area contributed by atoms with Crippen LogP contribution in [0.2, 0.25) is 0 Å². The largest absolute Gasteiger partial charge is 0.462 e. The van der Waals surface area contributed by atoms with Gasteiger partial charge in [-0.05, 0) is 38.8 Å². The zero-order valence-electron chi connectivity index (χ0n) is 11.6. The van der Waals surface area contributed by atoms with Crippen molar-refractivity contribution in [3.63, 3.8) is 0 Å². The summed E-state index contributed by atoms with van der Waals surface area (Å²) in [5.41, 5.74) is 0.433. The summed E-state index contributed by atoms with van der Waals surface area (Å²) in [7, 11) is 0. The molecular weight excluding hydrogens is 228 g/mol. The Labute approximate surface area is 109 Å². The van der Waals surface area contributed by atoms with Crippen molar-refractivity contribution < 1.29 is 9.53 Å². The molecule has 0 saturated heterocycles. The van der Waals surface area contributed by atoms with E-state index < -0.39 is 0 Å². The first-order chi connectivity index (χ1) is 8.56. The highest BCUT2D eigenvalue weighted by molar-refractivity contribution is 5.94. The predicted molar refractivity (Wildman–Crippen MR) is 72.8 cm³/mol. The van der Waals surface area contributed by atoms with E-state index in [9.17, 15) is 4.79 Å². The Morgan fingerprint density at radius 3 is 2.61 bits per heavy atom. The highest BCUT2D eigenvalue weighted by atomic mass is 16.5.